The Bertz CT molecular complexity index is 673. The second-order valence-electron chi connectivity index (χ2n) is 6.19. The van der Waals surface area contributed by atoms with Gasteiger partial charge in [0.1, 0.15) is 5.82 Å². The number of rotatable bonds is 4. The van der Waals surface area contributed by atoms with Crippen LogP contribution in [0.25, 0.3) is 0 Å². The Labute approximate surface area is 166 Å². The average molecular weight is 453 g/mol. The Hall–Kier alpha value is -1.63. The van der Waals surface area contributed by atoms with Crippen molar-refractivity contribution < 1.29 is 4.39 Å². The Morgan fingerprint density at radius 1 is 1.16 bits per heavy atom. The summed E-state index contributed by atoms with van der Waals surface area (Å²) in [5, 5.41) is 3.43. The quantitative estimate of drug-likeness (QED) is 0.430. The van der Waals surface area contributed by atoms with E-state index in [0.717, 1.165) is 44.0 Å². The molecule has 1 aliphatic rings. The fraction of sp³-hybridized carbons (Fsp3) is 0.350. The molecule has 1 N–H and O–H groups in total. The van der Waals surface area contributed by atoms with E-state index in [-0.39, 0.29) is 29.8 Å². The summed E-state index contributed by atoms with van der Waals surface area (Å²) in [4.78, 5) is 6.74. The van der Waals surface area contributed by atoms with Gasteiger partial charge >= 0.3 is 0 Å². The number of nitrogens with one attached hydrogen (secondary N) is 1. The van der Waals surface area contributed by atoms with Gasteiger partial charge in [-0.2, -0.15) is 0 Å². The molecule has 1 aliphatic heterocycles. The van der Waals surface area contributed by atoms with E-state index in [0.29, 0.717) is 5.92 Å². The highest BCUT2D eigenvalue weighted by Crippen LogP contribution is 2.26. The average Bonchev–Trinajstić information content (AvgIpc) is 3.11. The number of guanidine groups is 1. The number of likely N-dealkylation sites (tertiary alicyclic amines) is 1. The fourth-order valence-electron chi connectivity index (χ4n) is 3.25. The zero-order chi connectivity index (χ0) is 16.8. The van der Waals surface area contributed by atoms with Gasteiger partial charge in [0.15, 0.2) is 5.96 Å². The van der Waals surface area contributed by atoms with Gasteiger partial charge in [-0.15, -0.1) is 24.0 Å². The van der Waals surface area contributed by atoms with Crippen molar-refractivity contribution in [3.05, 3.63) is 71.5 Å². The van der Waals surface area contributed by atoms with Crippen LogP contribution in [-0.4, -0.2) is 37.5 Å². The van der Waals surface area contributed by atoms with E-state index in [4.69, 9.17) is 0 Å². The SMILES string of the molecule is CN=C(NCCc1ccc(F)cc1)N1CCC(c2ccccc2)C1.I. The lowest BCUT2D eigenvalue weighted by atomic mass is 9.99. The van der Waals surface area contributed by atoms with Crippen molar-refractivity contribution in [2.45, 2.75) is 18.8 Å². The van der Waals surface area contributed by atoms with Crippen molar-refractivity contribution in [3.8, 4) is 0 Å². The van der Waals surface area contributed by atoms with Gasteiger partial charge < -0.3 is 10.2 Å². The molecule has 0 aliphatic carbocycles. The molecule has 1 unspecified atom stereocenters. The van der Waals surface area contributed by atoms with E-state index in [2.05, 4.69) is 45.5 Å². The minimum atomic E-state index is -0.188. The topological polar surface area (TPSA) is 27.6 Å². The summed E-state index contributed by atoms with van der Waals surface area (Å²) in [6, 6.07) is 17.4. The molecule has 0 bridgehead atoms. The normalized spacial score (nSPS) is 17.3. The second-order valence-corrected chi connectivity index (χ2v) is 6.19. The molecule has 3 nitrogen and oxygen atoms in total. The molecule has 1 saturated heterocycles. The molecule has 0 spiro atoms. The first-order chi connectivity index (χ1) is 11.8. The maximum absolute atomic E-state index is 12.9. The number of halogens is 2. The first kappa shape index (κ1) is 19.7. The first-order valence-corrected chi connectivity index (χ1v) is 8.51. The van der Waals surface area contributed by atoms with Crippen LogP contribution in [0.3, 0.4) is 0 Å². The number of nitrogens with zero attached hydrogens (tertiary/aromatic N) is 2. The summed E-state index contributed by atoms with van der Waals surface area (Å²) in [5.41, 5.74) is 2.53. The summed E-state index contributed by atoms with van der Waals surface area (Å²) in [6.45, 7) is 2.82. The highest BCUT2D eigenvalue weighted by Gasteiger charge is 2.25. The van der Waals surface area contributed by atoms with Crippen LogP contribution in [0.2, 0.25) is 0 Å². The van der Waals surface area contributed by atoms with Crippen LogP contribution < -0.4 is 5.32 Å². The Balaban J connectivity index is 0.00000225. The van der Waals surface area contributed by atoms with Gasteiger partial charge in [-0.25, -0.2) is 4.39 Å². The smallest absolute Gasteiger partial charge is 0.193 e. The van der Waals surface area contributed by atoms with Crippen LogP contribution in [0.1, 0.15) is 23.5 Å². The maximum Gasteiger partial charge on any atom is 0.193 e. The molecule has 5 heteroatoms. The summed E-state index contributed by atoms with van der Waals surface area (Å²) in [7, 11) is 1.83. The van der Waals surface area contributed by atoms with Crippen molar-refractivity contribution in [1.82, 2.24) is 10.2 Å². The third kappa shape index (κ3) is 5.42. The van der Waals surface area contributed by atoms with E-state index in [9.17, 15) is 4.39 Å². The van der Waals surface area contributed by atoms with Gasteiger partial charge in [0.05, 0.1) is 0 Å². The highest BCUT2D eigenvalue weighted by atomic mass is 127. The van der Waals surface area contributed by atoms with Crippen LogP contribution in [-0.2, 0) is 6.42 Å². The Kier molecular flexibility index (Phi) is 7.68. The van der Waals surface area contributed by atoms with Crippen molar-refractivity contribution in [2.75, 3.05) is 26.7 Å². The minimum Gasteiger partial charge on any atom is -0.356 e. The van der Waals surface area contributed by atoms with Gasteiger partial charge in [-0.05, 0) is 36.1 Å². The van der Waals surface area contributed by atoms with Crippen LogP contribution in [0.5, 0.6) is 0 Å². The zero-order valence-electron chi connectivity index (χ0n) is 14.5. The van der Waals surface area contributed by atoms with Crippen LogP contribution in [0.4, 0.5) is 4.39 Å². The lowest BCUT2D eigenvalue weighted by Gasteiger charge is -2.22. The van der Waals surface area contributed by atoms with Gasteiger partial charge in [0.2, 0.25) is 0 Å². The summed E-state index contributed by atoms with van der Waals surface area (Å²) in [6.07, 6.45) is 2.01. The third-order valence-corrected chi connectivity index (χ3v) is 4.58. The van der Waals surface area contributed by atoms with Crippen LogP contribution in [0, 0.1) is 5.82 Å². The summed E-state index contributed by atoms with van der Waals surface area (Å²) >= 11 is 0. The molecule has 0 amide bonds. The molecule has 1 heterocycles. The second kappa shape index (κ2) is 9.75. The van der Waals surface area contributed by atoms with Crippen LogP contribution >= 0.6 is 24.0 Å². The van der Waals surface area contributed by atoms with Crippen molar-refractivity contribution in [3.63, 3.8) is 0 Å². The van der Waals surface area contributed by atoms with Gasteiger partial charge in [-0.1, -0.05) is 42.5 Å². The Morgan fingerprint density at radius 3 is 2.56 bits per heavy atom. The molecule has 1 fully saturated rings. The number of hydrogen-bond acceptors (Lipinski definition) is 1. The molecule has 0 radical (unpaired) electrons. The molecule has 0 aromatic heterocycles. The van der Waals surface area contributed by atoms with E-state index in [1.54, 1.807) is 0 Å². The van der Waals surface area contributed by atoms with E-state index in [1.165, 1.54) is 17.7 Å². The first-order valence-electron chi connectivity index (χ1n) is 8.51. The molecule has 2 aromatic carbocycles. The molecule has 134 valence electrons. The number of benzene rings is 2. The molecule has 25 heavy (non-hydrogen) atoms. The van der Waals surface area contributed by atoms with E-state index >= 15 is 0 Å². The minimum absolute atomic E-state index is 0. The van der Waals surface area contributed by atoms with Crippen molar-refractivity contribution in [2.24, 2.45) is 4.99 Å². The Morgan fingerprint density at radius 2 is 1.88 bits per heavy atom. The molecule has 0 saturated carbocycles. The lowest BCUT2D eigenvalue weighted by molar-refractivity contribution is 0.486. The molecular weight excluding hydrogens is 428 g/mol. The third-order valence-electron chi connectivity index (χ3n) is 4.58. The van der Waals surface area contributed by atoms with E-state index in [1.807, 2.05) is 19.2 Å². The molecular formula is C20H25FIN3. The molecule has 1 atom stereocenters. The number of aliphatic imine (C=N–C) groups is 1. The molecule has 2 aromatic rings. The highest BCUT2D eigenvalue weighted by molar-refractivity contribution is 14.0. The fourth-order valence-corrected chi connectivity index (χ4v) is 3.25. The van der Waals surface area contributed by atoms with E-state index < -0.39 is 0 Å². The predicted molar refractivity (Wildman–Crippen MR) is 112 cm³/mol. The standard InChI is InChI=1S/C20H24FN3.HI/c1-22-20(23-13-11-16-7-9-19(21)10-8-16)24-14-12-18(15-24)17-5-3-2-4-6-17;/h2-10,18H,11-15H2,1H3,(H,22,23);1H. The van der Waals surface area contributed by atoms with Crippen molar-refractivity contribution >= 4 is 29.9 Å². The number of hydrogen-bond donors (Lipinski definition) is 1. The van der Waals surface area contributed by atoms with Gasteiger partial charge in [0, 0.05) is 32.6 Å². The maximum atomic E-state index is 12.9. The lowest BCUT2D eigenvalue weighted by Crippen LogP contribution is -2.40. The van der Waals surface area contributed by atoms with Crippen molar-refractivity contribution in [1.29, 1.82) is 0 Å². The summed E-state index contributed by atoms with van der Waals surface area (Å²) in [5.74, 6) is 1.34. The van der Waals surface area contributed by atoms with Gasteiger partial charge in [0.25, 0.3) is 0 Å². The van der Waals surface area contributed by atoms with Gasteiger partial charge in [-0.3, -0.25) is 4.99 Å². The largest absolute Gasteiger partial charge is 0.356 e. The molecule has 3 rings (SSSR count). The summed E-state index contributed by atoms with van der Waals surface area (Å²) < 4.78 is 12.9. The monoisotopic (exact) mass is 453 g/mol. The zero-order valence-corrected chi connectivity index (χ0v) is 16.8. The van der Waals surface area contributed by atoms with Crippen LogP contribution in [0.15, 0.2) is 59.6 Å². The predicted octanol–water partition coefficient (Wildman–Crippen LogP) is 4.05.